The van der Waals surface area contributed by atoms with E-state index in [-0.39, 0.29) is 46.9 Å². The molecule has 1 aliphatic heterocycles. The third-order valence-electron chi connectivity index (χ3n) is 11.4. The maximum absolute atomic E-state index is 11.8. The van der Waals surface area contributed by atoms with Gasteiger partial charge in [-0.15, -0.1) is 5.11 Å². The van der Waals surface area contributed by atoms with E-state index >= 15 is 0 Å². The lowest BCUT2D eigenvalue weighted by Gasteiger charge is -2.64. The Bertz CT molecular complexity index is 801. The van der Waals surface area contributed by atoms with E-state index in [1.807, 2.05) is 0 Å². The van der Waals surface area contributed by atoms with Gasteiger partial charge >= 0.3 is 0 Å². The molecule has 0 aromatic carbocycles. The minimum absolute atomic E-state index is 0.0651. The fourth-order valence-corrected chi connectivity index (χ4v) is 9.97. The Balaban J connectivity index is 1.41. The van der Waals surface area contributed by atoms with Crippen molar-refractivity contribution in [3.05, 3.63) is 0 Å². The average Bonchev–Trinajstić information content (AvgIpc) is 3.38. The standard InChI is InChI=1S/C27H45N3O3/c1-5-17-19-12-16(31)8-10-26(19,3)18-9-11-27(4)20(23(18)25(17)33)13-21(32)24(27)15(2)6-7-22-28-14-29-30-22/h15-21,23-25,31-33H,5-14H2,1-4H3/t15-,16-,17-,18+,19+,20+,21+,23-,24+,25-,26-,27+/m1/s1. The van der Waals surface area contributed by atoms with Gasteiger partial charge in [0.2, 0.25) is 0 Å². The van der Waals surface area contributed by atoms with E-state index in [1.54, 1.807) is 0 Å². The maximum Gasteiger partial charge on any atom is 0.152 e. The Hall–Kier alpha value is -0.850. The molecule has 5 aliphatic rings. The number of nitrogens with zero attached hydrogens (tertiary/aromatic N) is 3. The second-order valence-corrected chi connectivity index (χ2v) is 12.7. The Morgan fingerprint density at radius 1 is 1.00 bits per heavy atom. The lowest BCUT2D eigenvalue weighted by Crippen LogP contribution is -2.62. The summed E-state index contributed by atoms with van der Waals surface area (Å²) in [7, 11) is 0. The third kappa shape index (κ3) is 3.65. The topological polar surface area (TPSA) is 97.8 Å². The number of aliphatic imine (C=N–C) groups is 1. The highest BCUT2D eigenvalue weighted by atomic mass is 16.3. The number of rotatable bonds is 5. The smallest absolute Gasteiger partial charge is 0.152 e. The molecular formula is C27H45N3O3. The molecule has 0 unspecified atom stereocenters. The number of hydrogen-bond donors (Lipinski definition) is 3. The molecule has 6 nitrogen and oxygen atoms in total. The maximum atomic E-state index is 11.8. The molecule has 0 aromatic rings. The van der Waals surface area contributed by atoms with Crippen LogP contribution in [0.5, 0.6) is 0 Å². The van der Waals surface area contributed by atoms with Gasteiger partial charge in [-0.3, -0.25) is 0 Å². The van der Waals surface area contributed by atoms with Crippen molar-refractivity contribution in [3.63, 3.8) is 0 Å². The predicted octanol–water partition coefficient (Wildman–Crippen LogP) is 4.82. The van der Waals surface area contributed by atoms with Gasteiger partial charge in [0.1, 0.15) is 5.84 Å². The highest BCUT2D eigenvalue weighted by molar-refractivity contribution is 5.83. The molecule has 0 radical (unpaired) electrons. The van der Waals surface area contributed by atoms with Gasteiger partial charge in [-0.2, -0.15) is 5.11 Å². The zero-order valence-electron chi connectivity index (χ0n) is 21.0. The van der Waals surface area contributed by atoms with Crippen molar-refractivity contribution in [2.24, 2.45) is 67.5 Å². The van der Waals surface area contributed by atoms with Crippen LogP contribution in [0.15, 0.2) is 15.2 Å². The molecule has 6 heteroatoms. The summed E-state index contributed by atoms with van der Waals surface area (Å²) >= 11 is 0. The summed E-state index contributed by atoms with van der Waals surface area (Å²) in [5.41, 5.74) is 0.265. The molecule has 186 valence electrons. The van der Waals surface area contributed by atoms with Crippen LogP contribution in [-0.2, 0) is 0 Å². The minimum Gasteiger partial charge on any atom is -0.393 e. The minimum atomic E-state index is -0.317. The Kier molecular flexibility index (Phi) is 6.27. The molecule has 4 aliphatic carbocycles. The highest BCUT2D eigenvalue weighted by Crippen LogP contribution is 2.69. The van der Waals surface area contributed by atoms with Crippen LogP contribution in [0.1, 0.15) is 85.5 Å². The summed E-state index contributed by atoms with van der Waals surface area (Å²) in [5.74, 6) is 3.31. The van der Waals surface area contributed by atoms with Gasteiger partial charge in [0, 0.05) is 6.42 Å². The van der Waals surface area contributed by atoms with Gasteiger partial charge in [0.25, 0.3) is 0 Å². The van der Waals surface area contributed by atoms with Crippen LogP contribution in [0.2, 0.25) is 0 Å². The van der Waals surface area contributed by atoms with Crippen molar-refractivity contribution < 1.29 is 15.3 Å². The Morgan fingerprint density at radius 3 is 2.45 bits per heavy atom. The molecule has 0 spiro atoms. The zero-order valence-corrected chi connectivity index (χ0v) is 21.0. The van der Waals surface area contributed by atoms with Crippen LogP contribution in [-0.4, -0.2) is 46.1 Å². The Morgan fingerprint density at radius 2 is 1.76 bits per heavy atom. The largest absolute Gasteiger partial charge is 0.393 e. The number of azo groups is 1. The van der Waals surface area contributed by atoms with Crippen molar-refractivity contribution in [3.8, 4) is 0 Å². The molecule has 33 heavy (non-hydrogen) atoms. The van der Waals surface area contributed by atoms with Crippen molar-refractivity contribution in [1.82, 2.24) is 0 Å². The van der Waals surface area contributed by atoms with E-state index < -0.39 is 0 Å². The molecule has 0 aromatic heterocycles. The van der Waals surface area contributed by atoms with E-state index in [0.29, 0.717) is 30.3 Å². The SMILES string of the molecule is CC[C@H]1[C@@H](O)[C@@H]2[C@H](CC[C@]3(C)[C@@H]([C@H](C)CCC4=NCN=N4)[C@@H](O)C[C@@H]23)[C@@]2(C)CC[C@@H](O)C[C@@H]12. The van der Waals surface area contributed by atoms with Gasteiger partial charge in [0.05, 0.1) is 18.3 Å². The zero-order chi connectivity index (χ0) is 23.5. The molecule has 4 saturated carbocycles. The first-order valence-corrected chi connectivity index (χ1v) is 13.7. The molecule has 3 N–H and O–H groups in total. The van der Waals surface area contributed by atoms with Gasteiger partial charge < -0.3 is 15.3 Å². The number of fused-ring (bicyclic) bond motifs is 5. The van der Waals surface area contributed by atoms with Crippen LogP contribution in [0.3, 0.4) is 0 Å². The fraction of sp³-hybridized carbons (Fsp3) is 0.963. The van der Waals surface area contributed by atoms with Crippen LogP contribution in [0, 0.1) is 52.3 Å². The fourth-order valence-electron chi connectivity index (χ4n) is 9.97. The van der Waals surface area contributed by atoms with Crippen molar-refractivity contribution >= 4 is 5.84 Å². The van der Waals surface area contributed by atoms with E-state index in [9.17, 15) is 15.3 Å². The quantitative estimate of drug-likeness (QED) is 0.550. The van der Waals surface area contributed by atoms with Crippen LogP contribution >= 0.6 is 0 Å². The van der Waals surface area contributed by atoms with Crippen molar-refractivity contribution in [2.75, 3.05) is 6.67 Å². The molecule has 0 saturated heterocycles. The summed E-state index contributed by atoms with van der Waals surface area (Å²) < 4.78 is 0. The van der Waals surface area contributed by atoms with Crippen LogP contribution in [0.25, 0.3) is 0 Å². The summed E-state index contributed by atoms with van der Waals surface area (Å²) in [4.78, 5) is 4.35. The molecule has 4 fully saturated rings. The second kappa shape index (κ2) is 8.67. The van der Waals surface area contributed by atoms with Crippen LogP contribution in [0.4, 0.5) is 0 Å². The first kappa shape index (κ1) is 23.9. The monoisotopic (exact) mass is 459 g/mol. The predicted molar refractivity (Wildman–Crippen MR) is 129 cm³/mol. The first-order valence-electron chi connectivity index (χ1n) is 13.7. The number of aliphatic hydroxyl groups excluding tert-OH is 3. The summed E-state index contributed by atoms with van der Waals surface area (Å²) in [6.07, 6.45) is 7.89. The van der Waals surface area contributed by atoms with E-state index in [0.717, 1.165) is 63.6 Å². The summed E-state index contributed by atoms with van der Waals surface area (Å²) in [6, 6.07) is 0. The molecule has 12 atom stereocenters. The normalized spacial score (nSPS) is 52.1. The second-order valence-electron chi connectivity index (χ2n) is 12.7. The molecule has 0 bridgehead atoms. The molecule has 5 rings (SSSR count). The number of amidine groups is 1. The average molecular weight is 460 g/mol. The Labute approximate surface area is 199 Å². The first-order chi connectivity index (χ1) is 15.7. The summed E-state index contributed by atoms with van der Waals surface area (Å²) in [5, 5.41) is 41.8. The number of aliphatic hydroxyl groups is 3. The third-order valence-corrected chi connectivity index (χ3v) is 11.4. The van der Waals surface area contributed by atoms with Crippen molar-refractivity contribution in [1.29, 1.82) is 0 Å². The number of hydrogen-bond acceptors (Lipinski definition) is 6. The lowest BCUT2D eigenvalue weighted by atomic mass is 9.41. The molecule has 1 heterocycles. The molecular weight excluding hydrogens is 414 g/mol. The lowest BCUT2D eigenvalue weighted by molar-refractivity contribution is -0.203. The molecule has 0 amide bonds. The van der Waals surface area contributed by atoms with Gasteiger partial charge in [0.15, 0.2) is 6.67 Å². The van der Waals surface area contributed by atoms with E-state index in [4.69, 9.17) is 0 Å². The van der Waals surface area contributed by atoms with Crippen LogP contribution < -0.4 is 0 Å². The summed E-state index contributed by atoms with van der Waals surface area (Å²) in [6.45, 7) is 9.87. The van der Waals surface area contributed by atoms with Crippen molar-refractivity contribution in [2.45, 2.75) is 104 Å². The van der Waals surface area contributed by atoms with Gasteiger partial charge in [-0.25, -0.2) is 4.99 Å². The highest BCUT2D eigenvalue weighted by Gasteiger charge is 2.66. The van der Waals surface area contributed by atoms with E-state index in [2.05, 4.69) is 42.9 Å². The van der Waals surface area contributed by atoms with Gasteiger partial charge in [-0.1, -0.05) is 34.1 Å². The van der Waals surface area contributed by atoms with Gasteiger partial charge in [-0.05, 0) is 97.2 Å². The van der Waals surface area contributed by atoms with E-state index in [1.165, 1.54) is 0 Å².